The van der Waals surface area contributed by atoms with Crippen LogP contribution in [0.25, 0.3) is 5.57 Å². The molecule has 0 saturated carbocycles. The van der Waals surface area contributed by atoms with Gasteiger partial charge in [0.2, 0.25) is 0 Å². The molecule has 0 saturated heterocycles. The Morgan fingerprint density at radius 1 is 0.696 bits per heavy atom. The maximum Gasteiger partial charge on any atom is 0.0965 e. The van der Waals surface area contributed by atoms with Crippen molar-refractivity contribution in [1.82, 2.24) is 0 Å². The highest BCUT2D eigenvalue weighted by atomic mass is 79.9. The molecule has 2 N–H and O–H groups in total. The first kappa shape index (κ1) is 38.6. The summed E-state index contributed by atoms with van der Waals surface area (Å²) in [6.45, 7) is 15.1. The Bertz CT molecular complexity index is 1460. The Hall–Kier alpha value is -3.54. The largest absolute Gasteiger partial charge is 0.385 e. The average Bonchev–Trinajstić information content (AvgIpc) is 3.54. The third kappa shape index (κ3) is 12.0. The maximum absolute atomic E-state index is 10.4. The second-order valence-electron chi connectivity index (χ2n) is 10.5. The van der Waals surface area contributed by atoms with Gasteiger partial charge in [-0.05, 0) is 77.8 Å². The van der Waals surface area contributed by atoms with E-state index in [9.17, 15) is 10.2 Å². The fourth-order valence-corrected chi connectivity index (χ4v) is 5.43. The second-order valence-corrected chi connectivity index (χ2v) is 12.3. The van der Waals surface area contributed by atoms with E-state index in [1.807, 2.05) is 98.8 Å². The molecule has 0 unspecified atom stereocenters. The summed E-state index contributed by atoms with van der Waals surface area (Å²) in [7, 11) is 0. The quantitative estimate of drug-likeness (QED) is 0.132. The first-order chi connectivity index (χ1) is 22.2. The summed E-state index contributed by atoms with van der Waals surface area (Å²) < 4.78 is 2.05. The molecular weight excluding hydrogens is 696 g/mol. The third-order valence-corrected chi connectivity index (χ3v) is 8.32. The van der Waals surface area contributed by atoms with E-state index in [0.717, 1.165) is 32.9 Å². The Morgan fingerprint density at radius 2 is 1.11 bits per heavy atom. The SMILES string of the molecule is C=CC=C(c1ccccc1)c1ccccc1.C=CCC(O)(CC=C)c1ccc(Br)cc1.CC.OC1(c2ccc(Br)cc2)CC=CC1. The molecule has 46 heavy (non-hydrogen) atoms. The van der Waals surface area contributed by atoms with Crippen LogP contribution in [0.3, 0.4) is 0 Å². The van der Waals surface area contributed by atoms with Gasteiger partial charge in [-0.15, -0.1) is 13.2 Å². The summed E-state index contributed by atoms with van der Waals surface area (Å²) in [6.07, 6.45) is 13.9. The van der Waals surface area contributed by atoms with Crippen LogP contribution in [-0.2, 0) is 11.2 Å². The number of benzene rings is 4. The van der Waals surface area contributed by atoms with Crippen LogP contribution in [0.1, 0.15) is 61.8 Å². The summed E-state index contributed by atoms with van der Waals surface area (Å²) in [5.41, 5.74) is 4.01. The fourth-order valence-electron chi connectivity index (χ4n) is 4.90. The predicted octanol–water partition coefficient (Wildman–Crippen LogP) is 12.1. The van der Waals surface area contributed by atoms with Gasteiger partial charge in [0.25, 0.3) is 0 Å². The van der Waals surface area contributed by atoms with Crippen molar-refractivity contribution in [2.24, 2.45) is 0 Å². The van der Waals surface area contributed by atoms with E-state index < -0.39 is 11.2 Å². The van der Waals surface area contributed by atoms with Crippen molar-refractivity contribution in [1.29, 1.82) is 0 Å². The summed E-state index contributed by atoms with van der Waals surface area (Å²) in [5.74, 6) is 0. The van der Waals surface area contributed by atoms with Crippen molar-refractivity contribution in [3.63, 3.8) is 0 Å². The van der Waals surface area contributed by atoms with Crippen molar-refractivity contribution in [2.75, 3.05) is 0 Å². The van der Waals surface area contributed by atoms with Gasteiger partial charge in [-0.3, -0.25) is 0 Å². The number of allylic oxidation sites excluding steroid dienone is 2. The molecule has 4 aromatic rings. The van der Waals surface area contributed by atoms with Crippen molar-refractivity contribution in [3.05, 3.63) is 197 Å². The summed E-state index contributed by atoms with van der Waals surface area (Å²) in [4.78, 5) is 0. The van der Waals surface area contributed by atoms with E-state index in [4.69, 9.17) is 0 Å². The van der Waals surface area contributed by atoms with E-state index in [2.05, 4.69) is 100 Å². The average molecular weight is 743 g/mol. The van der Waals surface area contributed by atoms with Gasteiger partial charge >= 0.3 is 0 Å². The highest BCUT2D eigenvalue weighted by Crippen LogP contribution is 2.34. The van der Waals surface area contributed by atoms with E-state index in [1.54, 1.807) is 12.2 Å². The zero-order valence-corrected chi connectivity index (χ0v) is 30.1. The van der Waals surface area contributed by atoms with Crippen LogP contribution in [0.15, 0.2) is 174 Å². The minimum absolute atomic E-state index is 0.528. The molecular formula is C42H46Br2O2. The molecule has 2 nitrogen and oxygen atoms in total. The summed E-state index contributed by atoms with van der Waals surface area (Å²) in [6, 6.07) is 36.3. The van der Waals surface area contributed by atoms with Gasteiger partial charge in [0.15, 0.2) is 0 Å². The van der Waals surface area contributed by atoms with Crippen LogP contribution in [0.2, 0.25) is 0 Å². The predicted molar refractivity (Wildman–Crippen MR) is 206 cm³/mol. The first-order valence-electron chi connectivity index (χ1n) is 15.5. The molecule has 240 valence electrons. The lowest BCUT2D eigenvalue weighted by Gasteiger charge is -2.26. The lowest BCUT2D eigenvalue weighted by molar-refractivity contribution is 0.0429. The Labute approximate surface area is 293 Å². The van der Waals surface area contributed by atoms with Crippen LogP contribution in [0.5, 0.6) is 0 Å². The lowest BCUT2D eigenvalue weighted by atomic mass is 9.87. The number of rotatable bonds is 9. The first-order valence-corrected chi connectivity index (χ1v) is 17.1. The second kappa shape index (κ2) is 20.6. The number of hydrogen-bond donors (Lipinski definition) is 2. The van der Waals surface area contributed by atoms with E-state index >= 15 is 0 Å². The summed E-state index contributed by atoms with van der Waals surface area (Å²) in [5, 5.41) is 20.6. The van der Waals surface area contributed by atoms with Crippen LogP contribution < -0.4 is 0 Å². The van der Waals surface area contributed by atoms with E-state index in [1.165, 1.54) is 16.7 Å². The van der Waals surface area contributed by atoms with Gasteiger partial charge < -0.3 is 10.2 Å². The topological polar surface area (TPSA) is 40.5 Å². The van der Waals surface area contributed by atoms with Gasteiger partial charge in [0, 0.05) is 8.95 Å². The van der Waals surface area contributed by atoms with Crippen LogP contribution in [0, 0.1) is 0 Å². The normalized spacial score (nSPS) is 12.5. The molecule has 0 aromatic heterocycles. The molecule has 0 amide bonds. The molecule has 1 aliphatic carbocycles. The van der Waals surface area contributed by atoms with Crippen LogP contribution >= 0.6 is 31.9 Å². The van der Waals surface area contributed by atoms with Crippen molar-refractivity contribution >= 4 is 37.4 Å². The maximum atomic E-state index is 10.4. The molecule has 0 spiro atoms. The lowest BCUT2D eigenvalue weighted by Crippen LogP contribution is -2.23. The standard InChI is InChI=1S/C16H14.C13H15BrO.C11H11BrO.C2H6/c1-2-9-16(14-10-5-3-6-11-14)15-12-7-4-8-13-15;1-3-9-13(15,10-4-2)11-5-7-12(14)8-6-11;12-10-5-3-9(4-6-10)11(13)7-1-2-8-11;1-2/h2-13H,1H2;3-8,15H,1-2,9-10H2;1-6,13H,7-8H2;1-2H3. The zero-order chi connectivity index (χ0) is 33.8. The smallest absolute Gasteiger partial charge is 0.0965 e. The molecule has 0 fully saturated rings. The Balaban J connectivity index is 0.000000235. The minimum Gasteiger partial charge on any atom is -0.385 e. The fraction of sp³-hybridized carbons (Fsp3) is 0.190. The van der Waals surface area contributed by atoms with Crippen LogP contribution in [-0.4, -0.2) is 10.2 Å². The molecule has 0 heterocycles. The summed E-state index contributed by atoms with van der Waals surface area (Å²) >= 11 is 6.74. The van der Waals surface area contributed by atoms with Gasteiger partial charge in [0.05, 0.1) is 11.2 Å². The molecule has 0 radical (unpaired) electrons. The number of hydrogen-bond acceptors (Lipinski definition) is 2. The van der Waals surface area contributed by atoms with E-state index in [0.29, 0.717) is 12.8 Å². The van der Waals surface area contributed by atoms with Gasteiger partial charge in [-0.1, -0.05) is 174 Å². The van der Waals surface area contributed by atoms with Gasteiger partial charge in [-0.25, -0.2) is 0 Å². The molecule has 1 aliphatic rings. The molecule has 4 aromatic carbocycles. The Morgan fingerprint density at radius 3 is 1.50 bits per heavy atom. The van der Waals surface area contributed by atoms with Crippen LogP contribution in [0.4, 0.5) is 0 Å². The Kier molecular flexibility index (Phi) is 17.3. The zero-order valence-electron chi connectivity index (χ0n) is 27.0. The third-order valence-electron chi connectivity index (χ3n) is 7.26. The number of aliphatic hydroxyl groups is 2. The monoisotopic (exact) mass is 740 g/mol. The van der Waals surface area contributed by atoms with Crippen molar-refractivity contribution in [3.8, 4) is 0 Å². The molecule has 4 heteroatoms. The molecule has 5 rings (SSSR count). The van der Waals surface area contributed by atoms with Crippen molar-refractivity contribution < 1.29 is 10.2 Å². The molecule has 0 atom stereocenters. The van der Waals surface area contributed by atoms with Crippen molar-refractivity contribution in [2.45, 2.75) is 50.7 Å². The molecule has 0 bridgehead atoms. The highest BCUT2D eigenvalue weighted by molar-refractivity contribution is 9.10. The van der Waals surface area contributed by atoms with Gasteiger partial charge in [0.1, 0.15) is 0 Å². The van der Waals surface area contributed by atoms with Gasteiger partial charge in [-0.2, -0.15) is 0 Å². The molecule has 0 aliphatic heterocycles. The highest BCUT2D eigenvalue weighted by Gasteiger charge is 2.29. The minimum atomic E-state index is -0.871. The number of halogens is 2. The van der Waals surface area contributed by atoms with E-state index in [-0.39, 0.29) is 0 Å².